The Balaban J connectivity index is 2.40. The van der Waals surface area contributed by atoms with Gasteiger partial charge in [-0.3, -0.25) is 9.89 Å². The summed E-state index contributed by atoms with van der Waals surface area (Å²) in [5.74, 6) is -0.156. The minimum atomic E-state index is -0.388. The van der Waals surface area contributed by atoms with E-state index in [-0.39, 0.29) is 12.0 Å². The first-order chi connectivity index (χ1) is 6.61. The summed E-state index contributed by atoms with van der Waals surface area (Å²) in [6.07, 6.45) is 1.66. The lowest BCUT2D eigenvalue weighted by Gasteiger charge is -2.05. The van der Waals surface area contributed by atoms with Crippen LogP contribution >= 0.6 is 0 Å². The first-order valence-corrected chi connectivity index (χ1v) is 4.57. The Morgan fingerprint density at radius 2 is 2.50 bits per heavy atom. The Morgan fingerprint density at radius 3 is 3.00 bits per heavy atom. The van der Waals surface area contributed by atoms with Gasteiger partial charge in [-0.05, 0) is 20.3 Å². The summed E-state index contributed by atoms with van der Waals surface area (Å²) in [4.78, 5) is 11.5. The van der Waals surface area contributed by atoms with Gasteiger partial charge in [0, 0.05) is 12.2 Å². The quantitative estimate of drug-likeness (QED) is 0.646. The number of amides is 1. The average Bonchev–Trinajstić information content (AvgIpc) is 2.50. The molecule has 0 aromatic carbocycles. The van der Waals surface area contributed by atoms with Crippen LogP contribution in [0.1, 0.15) is 29.4 Å². The number of rotatable bonds is 4. The van der Waals surface area contributed by atoms with Crippen molar-refractivity contribution in [1.82, 2.24) is 15.5 Å². The summed E-state index contributed by atoms with van der Waals surface area (Å²) in [7, 11) is 0. The van der Waals surface area contributed by atoms with Crippen LogP contribution in [0, 0.1) is 6.92 Å². The number of aromatic nitrogens is 2. The van der Waals surface area contributed by atoms with E-state index < -0.39 is 0 Å². The molecule has 0 aliphatic heterocycles. The molecule has 0 radical (unpaired) electrons. The number of hydrogen-bond acceptors (Lipinski definition) is 3. The second kappa shape index (κ2) is 4.76. The fourth-order valence-electron chi connectivity index (χ4n) is 1.07. The molecular weight excluding hydrogens is 182 g/mol. The first kappa shape index (κ1) is 10.7. The third-order valence-electron chi connectivity index (χ3n) is 1.92. The molecule has 0 saturated heterocycles. The molecule has 1 amide bonds. The van der Waals surface area contributed by atoms with Crippen molar-refractivity contribution in [3.63, 3.8) is 0 Å². The van der Waals surface area contributed by atoms with Gasteiger partial charge in [0.05, 0.1) is 17.9 Å². The fraction of sp³-hybridized carbons (Fsp3) is 0.556. The molecule has 5 heteroatoms. The largest absolute Gasteiger partial charge is 0.393 e. The highest BCUT2D eigenvalue weighted by molar-refractivity contribution is 5.94. The Labute approximate surface area is 82.5 Å². The lowest BCUT2D eigenvalue weighted by Crippen LogP contribution is -2.26. The Bertz CT molecular complexity index is 307. The summed E-state index contributed by atoms with van der Waals surface area (Å²) in [6.45, 7) is 3.95. The van der Waals surface area contributed by atoms with Gasteiger partial charge in [-0.2, -0.15) is 5.10 Å². The van der Waals surface area contributed by atoms with Gasteiger partial charge < -0.3 is 10.4 Å². The molecule has 1 aromatic heterocycles. The van der Waals surface area contributed by atoms with Crippen molar-refractivity contribution in [2.75, 3.05) is 6.54 Å². The van der Waals surface area contributed by atoms with Crippen LogP contribution < -0.4 is 5.32 Å². The number of aliphatic hydroxyl groups excluding tert-OH is 1. The summed E-state index contributed by atoms with van der Waals surface area (Å²) in [5.41, 5.74) is 1.30. The van der Waals surface area contributed by atoms with Crippen molar-refractivity contribution in [1.29, 1.82) is 0 Å². The zero-order valence-electron chi connectivity index (χ0n) is 8.37. The van der Waals surface area contributed by atoms with E-state index in [1.54, 1.807) is 13.8 Å². The van der Waals surface area contributed by atoms with E-state index in [9.17, 15) is 4.79 Å². The SMILES string of the molecule is Cc1[nH]ncc1C(=O)NCCC(C)O. The minimum absolute atomic E-state index is 0.156. The molecule has 0 bridgehead atoms. The molecule has 0 spiro atoms. The van der Waals surface area contributed by atoms with Crippen LogP contribution in [-0.4, -0.2) is 33.9 Å². The highest BCUT2D eigenvalue weighted by Gasteiger charge is 2.09. The molecule has 1 heterocycles. The number of aryl methyl sites for hydroxylation is 1. The van der Waals surface area contributed by atoms with E-state index in [4.69, 9.17) is 5.11 Å². The Kier molecular flexibility index (Phi) is 3.64. The van der Waals surface area contributed by atoms with E-state index in [2.05, 4.69) is 15.5 Å². The molecular formula is C9H15N3O2. The molecule has 5 nitrogen and oxygen atoms in total. The smallest absolute Gasteiger partial charge is 0.254 e. The molecule has 0 aliphatic rings. The van der Waals surface area contributed by atoms with Crippen molar-refractivity contribution in [3.8, 4) is 0 Å². The highest BCUT2D eigenvalue weighted by Crippen LogP contribution is 2.01. The molecule has 14 heavy (non-hydrogen) atoms. The molecule has 0 fully saturated rings. The van der Waals surface area contributed by atoms with Crippen molar-refractivity contribution in [2.45, 2.75) is 26.4 Å². The third kappa shape index (κ3) is 2.85. The summed E-state index contributed by atoms with van der Waals surface area (Å²) >= 11 is 0. The third-order valence-corrected chi connectivity index (χ3v) is 1.92. The van der Waals surface area contributed by atoms with Gasteiger partial charge >= 0.3 is 0 Å². The van der Waals surface area contributed by atoms with Crippen LogP contribution in [-0.2, 0) is 0 Å². The standard InChI is InChI=1S/C9H15N3O2/c1-6(13)3-4-10-9(14)8-5-11-12-7(8)2/h5-6,13H,3-4H2,1-2H3,(H,10,14)(H,11,12). The molecule has 1 atom stereocenters. The van der Waals surface area contributed by atoms with E-state index in [0.29, 0.717) is 18.5 Å². The molecule has 1 unspecified atom stereocenters. The van der Waals surface area contributed by atoms with Gasteiger partial charge in [-0.15, -0.1) is 0 Å². The van der Waals surface area contributed by atoms with Crippen LogP contribution in [0.3, 0.4) is 0 Å². The number of nitrogens with zero attached hydrogens (tertiary/aromatic N) is 1. The number of carbonyl (C=O) groups excluding carboxylic acids is 1. The van der Waals surface area contributed by atoms with Crippen molar-refractivity contribution in [2.24, 2.45) is 0 Å². The summed E-state index contributed by atoms with van der Waals surface area (Å²) in [5, 5.41) is 18.1. The summed E-state index contributed by atoms with van der Waals surface area (Å²) < 4.78 is 0. The molecule has 0 saturated carbocycles. The van der Waals surface area contributed by atoms with Gasteiger partial charge in [0.15, 0.2) is 0 Å². The maximum absolute atomic E-state index is 11.5. The van der Waals surface area contributed by atoms with E-state index in [1.807, 2.05) is 0 Å². The van der Waals surface area contributed by atoms with Gasteiger partial charge in [-0.25, -0.2) is 0 Å². The van der Waals surface area contributed by atoms with Crippen LogP contribution in [0.4, 0.5) is 0 Å². The zero-order valence-corrected chi connectivity index (χ0v) is 8.37. The first-order valence-electron chi connectivity index (χ1n) is 4.57. The van der Waals surface area contributed by atoms with Gasteiger partial charge in [0.2, 0.25) is 0 Å². The zero-order chi connectivity index (χ0) is 10.6. The van der Waals surface area contributed by atoms with Crippen molar-refractivity contribution < 1.29 is 9.90 Å². The van der Waals surface area contributed by atoms with E-state index in [0.717, 1.165) is 5.69 Å². The van der Waals surface area contributed by atoms with Crippen LogP contribution in [0.2, 0.25) is 0 Å². The predicted octanol–water partition coefficient (Wildman–Crippen LogP) is 0.219. The predicted molar refractivity (Wildman–Crippen MR) is 52.0 cm³/mol. The minimum Gasteiger partial charge on any atom is -0.393 e. The lowest BCUT2D eigenvalue weighted by molar-refractivity contribution is 0.0945. The number of H-pyrrole nitrogens is 1. The number of aliphatic hydroxyl groups is 1. The molecule has 0 aliphatic carbocycles. The van der Waals surface area contributed by atoms with E-state index in [1.165, 1.54) is 6.20 Å². The topological polar surface area (TPSA) is 78.0 Å². The normalized spacial score (nSPS) is 12.5. The van der Waals surface area contributed by atoms with Gasteiger partial charge in [-0.1, -0.05) is 0 Å². The maximum atomic E-state index is 11.5. The van der Waals surface area contributed by atoms with Gasteiger partial charge in [0.25, 0.3) is 5.91 Å². The summed E-state index contributed by atoms with van der Waals surface area (Å²) in [6, 6.07) is 0. The van der Waals surface area contributed by atoms with Crippen LogP contribution in [0.25, 0.3) is 0 Å². The second-order valence-electron chi connectivity index (χ2n) is 3.30. The van der Waals surface area contributed by atoms with Gasteiger partial charge in [0.1, 0.15) is 0 Å². The van der Waals surface area contributed by atoms with Crippen molar-refractivity contribution in [3.05, 3.63) is 17.5 Å². The molecule has 1 rings (SSSR count). The lowest BCUT2D eigenvalue weighted by atomic mass is 10.2. The van der Waals surface area contributed by atoms with Crippen LogP contribution in [0.15, 0.2) is 6.20 Å². The number of hydrogen-bond donors (Lipinski definition) is 3. The Morgan fingerprint density at radius 1 is 1.79 bits per heavy atom. The molecule has 78 valence electrons. The monoisotopic (exact) mass is 197 g/mol. The number of nitrogens with one attached hydrogen (secondary N) is 2. The second-order valence-corrected chi connectivity index (χ2v) is 3.30. The fourth-order valence-corrected chi connectivity index (χ4v) is 1.07. The number of aromatic amines is 1. The van der Waals surface area contributed by atoms with Crippen molar-refractivity contribution >= 4 is 5.91 Å². The molecule has 3 N–H and O–H groups in total. The average molecular weight is 197 g/mol. The Hall–Kier alpha value is -1.36. The number of carbonyl (C=O) groups is 1. The molecule has 1 aromatic rings. The maximum Gasteiger partial charge on any atom is 0.254 e. The van der Waals surface area contributed by atoms with Crippen LogP contribution in [0.5, 0.6) is 0 Å². The highest BCUT2D eigenvalue weighted by atomic mass is 16.3. The van der Waals surface area contributed by atoms with E-state index >= 15 is 0 Å².